The number of ketones is 1. The first-order chi connectivity index (χ1) is 14.9. The monoisotopic (exact) mass is 440 g/mol. The fraction of sp³-hybridized carbons (Fsp3) is 0.174. The van der Waals surface area contributed by atoms with Gasteiger partial charge in [-0.2, -0.15) is 0 Å². The van der Waals surface area contributed by atoms with E-state index in [2.05, 4.69) is 4.98 Å². The fourth-order valence-corrected chi connectivity index (χ4v) is 4.35. The Morgan fingerprint density at radius 2 is 2.00 bits per heavy atom. The van der Waals surface area contributed by atoms with Gasteiger partial charge in [-0.05, 0) is 54.8 Å². The number of hydrogen-bond donors (Lipinski definition) is 0. The zero-order valence-electron chi connectivity index (χ0n) is 16.8. The molecule has 0 aliphatic heterocycles. The van der Waals surface area contributed by atoms with Crippen LogP contribution in [0.1, 0.15) is 35.0 Å². The number of anilines is 2. The van der Waals surface area contributed by atoms with Crippen LogP contribution >= 0.6 is 11.3 Å². The van der Waals surface area contributed by atoms with Crippen molar-refractivity contribution >= 4 is 39.9 Å². The minimum atomic E-state index is -0.861. The van der Waals surface area contributed by atoms with Gasteiger partial charge in [0.25, 0.3) is 0 Å². The van der Waals surface area contributed by atoms with Gasteiger partial charge in [0, 0.05) is 29.5 Å². The molecule has 1 aliphatic rings. The highest BCUT2D eigenvalue weighted by molar-refractivity contribution is 7.14. The van der Waals surface area contributed by atoms with Crippen molar-refractivity contribution in [1.29, 1.82) is 0 Å². The van der Waals surface area contributed by atoms with Crippen molar-refractivity contribution in [1.82, 2.24) is 4.98 Å². The molecule has 1 aromatic heterocycles. The van der Waals surface area contributed by atoms with Gasteiger partial charge in [-0.15, -0.1) is 11.3 Å². The Bertz CT molecular complexity index is 1220. The lowest BCUT2D eigenvalue weighted by Crippen LogP contribution is -2.23. The summed E-state index contributed by atoms with van der Waals surface area (Å²) in [5, 5.41) is 1.93. The first kappa shape index (κ1) is 20.9. The molecule has 0 atom stereocenters. The Hall–Kier alpha value is -3.39. The second-order valence-corrected chi connectivity index (χ2v) is 7.86. The zero-order chi connectivity index (χ0) is 22.1. The predicted molar refractivity (Wildman–Crippen MR) is 115 cm³/mol. The van der Waals surface area contributed by atoms with Crippen LogP contribution in [0.25, 0.3) is 6.08 Å². The summed E-state index contributed by atoms with van der Waals surface area (Å²) in [6, 6.07) is 8.37. The van der Waals surface area contributed by atoms with E-state index in [1.807, 2.05) is 6.07 Å². The average Bonchev–Trinajstić information content (AvgIpc) is 3.19. The molecular formula is C23H18F2N2O3S. The number of rotatable bonds is 4. The number of aromatic nitrogens is 1. The van der Waals surface area contributed by atoms with Gasteiger partial charge in [-0.1, -0.05) is 0 Å². The zero-order valence-corrected chi connectivity index (χ0v) is 17.6. The van der Waals surface area contributed by atoms with E-state index in [-0.39, 0.29) is 16.6 Å². The van der Waals surface area contributed by atoms with E-state index in [1.165, 1.54) is 13.0 Å². The van der Waals surface area contributed by atoms with Crippen molar-refractivity contribution in [2.45, 2.75) is 19.8 Å². The summed E-state index contributed by atoms with van der Waals surface area (Å²) in [4.78, 5) is 30.5. The maximum Gasteiger partial charge on any atom is 0.230 e. The molecule has 31 heavy (non-hydrogen) atoms. The predicted octanol–water partition coefficient (Wildman–Crippen LogP) is 5.33. The highest BCUT2D eigenvalue weighted by atomic mass is 32.1. The van der Waals surface area contributed by atoms with Crippen LogP contribution in [-0.4, -0.2) is 23.8 Å². The van der Waals surface area contributed by atoms with Crippen LogP contribution in [-0.2, 0) is 11.2 Å². The molecule has 3 aromatic rings. The number of aryl methyl sites for hydroxylation is 1. The second-order valence-electron chi connectivity index (χ2n) is 7.03. The molecule has 0 saturated carbocycles. The lowest BCUT2D eigenvalue weighted by atomic mass is 9.86. The fourth-order valence-electron chi connectivity index (χ4n) is 3.51. The number of nitrogens with zero attached hydrogens (tertiary/aromatic N) is 2. The molecule has 1 aliphatic carbocycles. The van der Waals surface area contributed by atoms with Crippen LogP contribution in [0.5, 0.6) is 5.75 Å². The molecule has 0 radical (unpaired) electrons. The molecule has 0 N–H and O–H groups in total. The number of thiazole rings is 1. The Balaban J connectivity index is 1.64. The molecule has 0 saturated heterocycles. The van der Waals surface area contributed by atoms with Crippen molar-refractivity contribution in [3.63, 3.8) is 0 Å². The van der Waals surface area contributed by atoms with Gasteiger partial charge in [-0.25, -0.2) is 13.8 Å². The molecule has 0 spiro atoms. The highest BCUT2D eigenvalue weighted by Crippen LogP contribution is 2.33. The molecule has 5 nitrogen and oxygen atoms in total. The number of hydrogen-bond acceptors (Lipinski definition) is 5. The van der Waals surface area contributed by atoms with Crippen molar-refractivity contribution in [2.24, 2.45) is 0 Å². The van der Waals surface area contributed by atoms with Gasteiger partial charge in [0.05, 0.1) is 18.5 Å². The van der Waals surface area contributed by atoms with Crippen molar-refractivity contribution < 1.29 is 23.1 Å². The van der Waals surface area contributed by atoms with Crippen LogP contribution in [0.15, 0.2) is 47.4 Å². The van der Waals surface area contributed by atoms with Crippen molar-refractivity contribution in [2.75, 3.05) is 12.0 Å². The molecule has 0 bridgehead atoms. The second kappa shape index (κ2) is 8.39. The Labute approximate surface area is 181 Å². The minimum Gasteiger partial charge on any atom is -0.497 e. The number of halogens is 2. The van der Waals surface area contributed by atoms with Crippen molar-refractivity contribution in [3.05, 3.63) is 75.8 Å². The van der Waals surface area contributed by atoms with Gasteiger partial charge in [-0.3, -0.25) is 14.5 Å². The lowest BCUT2D eigenvalue weighted by Gasteiger charge is -2.19. The number of carbonyl (C=O) groups is 2. The molecule has 1 heterocycles. The molecule has 8 heteroatoms. The normalized spacial score (nSPS) is 14.5. The molecule has 1 amide bonds. The first-order valence-electron chi connectivity index (χ1n) is 9.51. The maximum absolute atomic E-state index is 14.2. The van der Waals surface area contributed by atoms with E-state index in [1.54, 1.807) is 30.7 Å². The SMILES string of the molecule is COc1ccc2c(c1)CC/C(=C/c1csc(N(C(C)=O)c3ccc(F)cc3F)n1)C2=O. The van der Waals surface area contributed by atoms with E-state index in [0.717, 1.165) is 33.9 Å². The topological polar surface area (TPSA) is 59.5 Å². The van der Waals surface area contributed by atoms with E-state index in [9.17, 15) is 18.4 Å². The van der Waals surface area contributed by atoms with Gasteiger partial charge in [0.15, 0.2) is 10.9 Å². The Kier molecular flexibility index (Phi) is 5.65. The van der Waals surface area contributed by atoms with Gasteiger partial charge < -0.3 is 4.74 Å². The maximum atomic E-state index is 14.2. The molecular weight excluding hydrogens is 422 g/mol. The number of allylic oxidation sites excluding steroid dienone is 1. The first-order valence-corrected chi connectivity index (χ1v) is 10.4. The number of ether oxygens (including phenoxy) is 1. The number of fused-ring (bicyclic) bond motifs is 1. The number of methoxy groups -OCH3 is 1. The number of Topliss-reactive ketones (excluding diaryl/α,β-unsaturated/α-hetero) is 1. The Morgan fingerprint density at radius 3 is 2.71 bits per heavy atom. The summed E-state index contributed by atoms with van der Waals surface area (Å²) in [6.45, 7) is 1.28. The average molecular weight is 440 g/mol. The summed E-state index contributed by atoms with van der Waals surface area (Å²) in [6.07, 6.45) is 2.94. The summed E-state index contributed by atoms with van der Waals surface area (Å²) in [5.41, 5.74) is 2.59. The number of carbonyl (C=O) groups excluding carboxylic acids is 2. The van der Waals surface area contributed by atoms with E-state index in [4.69, 9.17) is 4.74 Å². The highest BCUT2D eigenvalue weighted by Gasteiger charge is 2.24. The Morgan fingerprint density at radius 1 is 1.19 bits per heavy atom. The molecule has 4 rings (SSSR count). The summed E-state index contributed by atoms with van der Waals surface area (Å²) >= 11 is 1.14. The third kappa shape index (κ3) is 4.11. The summed E-state index contributed by atoms with van der Waals surface area (Å²) in [5.74, 6) is -1.43. The molecule has 158 valence electrons. The number of benzene rings is 2. The summed E-state index contributed by atoms with van der Waals surface area (Å²) < 4.78 is 32.7. The molecule has 0 unspecified atom stereocenters. The smallest absolute Gasteiger partial charge is 0.230 e. The lowest BCUT2D eigenvalue weighted by molar-refractivity contribution is -0.115. The third-order valence-electron chi connectivity index (χ3n) is 5.00. The van der Waals surface area contributed by atoms with E-state index in [0.29, 0.717) is 35.4 Å². The van der Waals surface area contributed by atoms with Crippen LogP contribution in [0.3, 0.4) is 0 Å². The quantitative estimate of drug-likeness (QED) is 0.515. The molecule has 0 fully saturated rings. The number of amides is 1. The van der Waals surface area contributed by atoms with Crippen LogP contribution in [0.4, 0.5) is 19.6 Å². The van der Waals surface area contributed by atoms with Gasteiger partial charge >= 0.3 is 0 Å². The van der Waals surface area contributed by atoms with Crippen LogP contribution < -0.4 is 9.64 Å². The van der Waals surface area contributed by atoms with Gasteiger partial charge in [0.1, 0.15) is 17.4 Å². The third-order valence-corrected chi connectivity index (χ3v) is 5.85. The summed E-state index contributed by atoms with van der Waals surface area (Å²) in [7, 11) is 1.58. The standard InChI is InChI=1S/C23H18F2N2O3S/c1-13(28)27(21-8-5-16(24)11-20(21)25)23-26-17(12-31-23)9-15-4-3-14-10-18(30-2)6-7-19(14)22(15)29/h5-12H,3-4H2,1-2H3/b15-9-. The van der Waals surface area contributed by atoms with Crippen LogP contribution in [0, 0.1) is 11.6 Å². The minimum absolute atomic E-state index is 0.0774. The van der Waals surface area contributed by atoms with E-state index >= 15 is 0 Å². The molecule has 2 aromatic carbocycles. The van der Waals surface area contributed by atoms with Crippen molar-refractivity contribution in [3.8, 4) is 5.75 Å². The van der Waals surface area contributed by atoms with E-state index < -0.39 is 17.5 Å². The van der Waals surface area contributed by atoms with Crippen LogP contribution in [0.2, 0.25) is 0 Å². The van der Waals surface area contributed by atoms with Gasteiger partial charge in [0.2, 0.25) is 5.91 Å². The largest absolute Gasteiger partial charge is 0.497 e.